The Morgan fingerprint density at radius 2 is 1.93 bits per heavy atom. The molecule has 1 aromatic carbocycles. The molecule has 0 N–H and O–H groups in total. The number of fused-ring (bicyclic) bond motifs is 1. The second-order valence-electron chi connectivity index (χ2n) is 7.18. The first kappa shape index (κ1) is 17.6. The molecule has 0 unspecified atom stereocenters. The minimum absolute atomic E-state index is 0.0913. The molecule has 1 fully saturated rings. The summed E-state index contributed by atoms with van der Waals surface area (Å²) in [6.45, 7) is 6.22. The molecule has 0 aliphatic carbocycles. The maximum absolute atomic E-state index is 13.4. The number of hydrogen-bond acceptors (Lipinski definition) is 5. The summed E-state index contributed by atoms with van der Waals surface area (Å²) in [6, 6.07) is 6.15. The fourth-order valence-electron chi connectivity index (χ4n) is 3.74. The van der Waals surface area contributed by atoms with Crippen LogP contribution in [0.3, 0.4) is 0 Å². The van der Waals surface area contributed by atoms with Gasteiger partial charge in [-0.05, 0) is 44.7 Å². The summed E-state index contributed by atoms with van der Waals surface area (Å²) >= 11 is 0. The minimum atomic E-state index is -0.376. The van der Waals surface area contributed by atoms with Gasteiger partial charge in [0.05, 0.1) is 10.9 Å². The number of rotatable bonds is 3. The normalized spacial score (nSPS) is 15.4. The van der Waals surface area contributed by atoms with Gasteiger partial charge in [0.2, 0.25) is 0 Å². The largest absolute Gasteiger partial charge is 0.356 e. The van der Waals surface area contributed by atoms with Gasteiger partial charge in [0, 0.05) is 37.5 Å². The maximum atomic E-state index is 13.4. The van der Waals surface area contributed by atoms with Crippen molar-refractivity contribution in [3.63, 3.8) is 0 Å². The fourth-order valence-corrected chi connectivity index (χ4v) is 3.74. The molecule has 27 heavy (non-hydrogen) atoms. The summed E-state index contributed by atoms with van der Waals surface area (Å²) in [5.41, 5.74) is 1.29. The Morgan fingerprint density at radius 1 is 1.15 bits per heavy atom. The average Bonchev–Trinajstić information content (AvgIpc) is 2.65. The van der Waals surface area contributed by atoms with Crippen LogP contribution in [-0.2, 0) is 6.54 Å². The van der Waals surface area contributed by atoms with Crippen LogP contribution in [-0.4, -0.2) is 32.6 Å². The molecule has 140 valence electrons. The Hall–Kier alpha value is -2.83. The number of aromatic nitrogens is 4. The molecule has 1 saturated heterocycles. The SMILES string of the molecule is Cc1cc(N2CCC(Cn3c(C)nc4cc(F)ccc4c3=O)CC2)ncn1. The summed E-state index contributed by atoms with van der Waals surface area (Å²) in [5, 5.41) is 0.468. The molecule has 3 aromatic rings. The van der Waals surface area contributed by atoms with Crippen LogP contribution < -0.4 is 10.5 Å². The molecule has 1 aliphatic rings. The summed E-state index contributed by atoms with van der Waals surface area (Å²) in [6.07, 6.45) is 3.57. The van der Waals surface area contributed by atoms with Crippen molar-refractivity contribution in [2.24, 2.45) is 5.92 Å². The molecule has 0 saturated carbocycles. The highest BCUT2D eigenvalue weighted by Gasteiger charge is 2.22. The third-order valence-electron chi connectivity index (χ3n) is 5.28. The molecule has 4 rings (SSSR count). The average molecular weight is 367 g/mol. The predicted octanol–water partition coefficient (Wildman–Crippen LogP) is 2.86. The smallest absolute Gasteiger partial charge is 0.261 e. The highest BCUT2D eigenvalue weighted by molar-refractivity contribution is 5.77. The zero-order valence-corrected chi connectivity index (χ0v) is 15.5. The molecular formula is C20H22FN5O. The van der Waals surface area contributed by atoms with Gasteiger partial charge in [-0.3, -0.25) is 9.36 Å². The van der Waals surface area contributed by atoms with Crippen molar-refractivity contribution in [1.82, 2.24) is 19.5 Å². The summed E-state index contributed by atoms with van der Waals surface area (Å²) in [5.74, 6) is 1.62. The summed E-state index contributed by atoms with van der Waals surface area (Å²) in [4.78, 5) is 28.0. The number of halogens is 1. The van der Waals surface area contributed by atoms with E-state index in [2.05, 4.69) is 19.9 Å². The number of benzene rings is 1. The van der Waals surface area contributed by atoms with Crippen LogP contribution in [0.4, 0.5) is 10.2 Å². The van der Waals surface area contributed by atoms with Gasteiger partial charge in [-0.1, -0.05) is 0 Å². The van der Waals surface area contributed by atoms with Crippen molar-refractivity contribution >= 4 is 16.7 Å². The van der Waals surface area contributed by atoms with Crippen LogP contribution in [0.5, 0.6) is 0 Å². The van der Waals surface area contributed by atoms with E-state index in [1.165, 1.54) is 18.2 Å². The van der Waals surface area contributed by atoms with E-state index in [-0.39, 0.29) is 11.4 Å². The van der Waals surface area contributed by atoms with E-state index < -0.39 is 0 Å². The lowest BCUT2D eigenvalue weighted by Crippen LogP contribution is -2.37. The highest BCUT2D eigenvalue weighted by atomic mass is 19.1. The van der Waals surface area contributed by atoms with Gasteiger partial charge < -0.3 is 4.90 Å². The van der Waals surface area contributed by atoms with Gasteiger partial charge >= 0.3 is 0 Å². The van der Waals surface area contributed by atoms with E-state index in [0.29, 0.717) is 29.2 Å². The number of piperidine rings is 1. The van der Waals surface area contributed by atoms with Crippen LogP contribution >= 0.6 is 0 Å². The van der Waals surface area contributed by atoms with Gasteiger partial charge in [-0.25, -0.2) is 19.3 Å². The first-order valence-corrected chi connectivity index (χ1v) is 9.21. The van der Waals surface area contributed by atoms with E-state index in [9.17, 15) is 9.18 Å². The molecule has 0 bridgehead atoms. The molecule has 0 atom stereocenters. The third-order valence-corrected chi connectivity index (χ3v) is 5.28. The lowest BCUT2D eigenvalue weighted by atomic mass is 9.96. The summed E-state index contributed by atoms with van der Waals surface area (Å²) in [7, 11) is 0. The molecule has 0 amide bonds. The van der Waals surface area contributed by atoms with Crippen molar-refractivity contribution in [1.29, 1.82) is 0 Å². The van der Waals surface area contributed by atoms with Crippen molar-refractivity contribution in [3.05, 3.63) is 58.3 Å². The van der Waals surface area contributed by atoms with Crippen LogP contribution in [0.15, 0.2) is 35.4 Å². The monoisotopic (exact) mass is 367 g/mol. The minimum Gasteiger partial charge on any atom is -0.356 e. The van der Waals surface area contributed by atoms with Crippen molar-refractivity contribution in [3.8, 4) is 0 Å². The van der Waals surface area contributed by atoms with Crippen LogP contribution in [0.1, 0.15) is 24.4 Å². The molecule has 2 aromatic heterocycles. The molecule has 0 spiro atoms. The van der Waals surface area contributed by atoms with Crippen LogP contribution in [0, 0.1) is 25.6 Å². The zero-order valence-electron chi connectivity index (χ0n) is 15.5. The van der Waals surface area contributed by atoms with E-state index in [0.717, 1.165) is 37.4 Å². The lowest BCUT2D eigenvalue weighted by Gasteiger charge is -2.33. The number of nitrogens with zero attached hydrogens (tertiary/aromatic N) is 5. The molecule has 0 radical (unpaired) electrons. The Bertz CT molecular complexity index is 1040. The molecule has 6 nitrogen and oxygen atoms in total. The first-order valence-electron chi connectivity index (χ1n) is 9.21. The van der Waals surface area contributed by atoms with Crippen molar-refractivity contribution in [2.75, 3.05) is 18.0 Å². The van der Waals surface area contributed by atoms with E-state index in [1.54, 1.807) is 10.9 Å². The second-order valence-corrected chi connectivity index (χ2v) is 7.18. The van der Waals surface area contributed by atoms with Gasteiger partial charge in [-0.15, -0.1) is 0 Å². The molecule has 3 heterocycles. The van der Waals surface area contributed by atoms with Gasteiger partial charge in [0.15, 0.2) is 0 Å². The Labute approximate surface area is 156 Å². The Kier molecular flexibility index (Phi) is 4.59. The second kappa shape index (κ2) is 7.06. The third kappa shape index (κ3) is 3.54. The Balaban J connectivity index is 1.51. The molecule has 1 aliphatic heterocycles. The van der Waals surface area contributed by atoms with E-state index in [1.807, 2.05) is 19.9 Å². The van der Waals surface area contributed by atoms with Gasteiger partial charge in [0.25, 0.3) is 5.56 Å². The Morgan fingerprint density at radius 3 is 2.67 bits per heavy atom. The standard InChI is InChI=1S/C20H22FN5O/c1-13-9-19(23-12-22-13)25-7-5-15(6-8-25)11-26-14(2)24-18-10-16(21)3-4-17(18)20(26)27/h3-4,9-10,12,15H,5-8,11H2,1-2H3. The van der Waals surface area contributed by atoms with Crippen LogP contribution in [0.2, 0.25) is 0 Å². The van der Waals surface area contributed by atoms with Crippen LogP contribution in [0.25, 0.3) is 10.9 Å². The van der Waals surface area contributed by atoms with Gasteiger partial charge in [-0.2, -0.15) is 0 Å². The molecule has 7 heteroatoms. The highest BCUT2D eigenvalue weighted by Crippen LogP contribution is 2.23. The number of aryl methyl sites for hydroxylation is 2. The lowest BCUT2D eigenvalue weighted by molar-refractivity contribution is 0.348. The maximum Gasteiger partial charge on any atom is 0.261 e. The predicted molar refractivity (Wildman–Crippen MR) is 102 cm³/mol. The molecular weight excluding hydrogens is 345 g/mol. The number of hydrogen-bond donors (Lipinski definition) is 0. The summed E-state index contributed by atoms with van der Waals surface area (Å²) < 4.78 is 15.1. The van der Waals surface area contributed by atoms with Crippen molar-refractivity contribution in [2.45, 2.75) is 33.2 Å². The fraction of sp³-hybridized carbons (Fsp3) is 0.400. The number of anilines is 1. The van der Waals surface area contributed by atoms with Crippen molar-refractivity contribution < 1.29 is 4.39 Å². The van der Waals surface area contributed by atoms with Gasteiger partial charge in [0.1, 0.15) is 23.8 Å². The zero-order chi connectivity index (χ0) is 19.0. The quantitative estimate of drug-likeness (QED) is 0.712. The first-order chi connectivity index (χ1) is 13.0. The van der Waals surface area contributed by atoms with E-state index >= 15 is 0 Å². The van der Waals surface area contributed by atoms with E-state index in [4.69, 9.17) is 0 Å². The topological polar surface area (TPSA) is 63.9 Å².